The molecular formula is C8H12F2. The molecule has 0 aliphatic carbocycles. The molecule has 0 saturated heterocycles. The summed E-state index contributed by atoms with van der Waals surface area (Å²) in [5, 5.41) is 0. The average molecular weight is 146 g/mol. The van der Waals surface area contributed by atoms with Gasteiger partial charge >= 0.3 is 0 Å². The van der Waals surface area contributed by atoms with Gasteiger partial charge in [-0.3, -0.25) is 0 Å². The zero-order valence-electron chi connectivity index (χ0n) is 6.54. The van der Waals surface area contributed by atoms with Crippen molar-refractivity contribution in [2.75, 3.05) is 0 Å². The molecule has 0 saturated carbocycles. The van der Waals surface area contributed by atoms with Crippen LogP contribution in [0.4, 0.5) is 8.78 Å². The van der Waals surface area contributed by atoms with E-state index in [9.17, 15) is 8.78 Å². The highest BCUT2D eigenvalue weighted by atomic mass is 19.3. The molecule has 0 heterocycles. The van der Waals surface area contributed by atoms with E-state index in [0.717, 1.165) is 6.92 Å². The lowest BCUT2D eigenvalue weighted by Gasteiger charge is -2.13. The van der Waals surface area contributed by atoms with Crippen LogP contribution in [0.1, 0.15) is 20.8 Å². The highest BCUT2D eigenvalue weighted by molar-refractivity contribution is 5.31. The molecule has 0 radical (unpaired) electrons. The van der Waals surface area contributed by atoms with E-state index < -0.39 is 5.92 Å². The molecular weight excluding hydrogens is 134 g/mol. The molecule has 0 aromatic heterocycles. The van der Waals surface area contributed by atoms with Crippen molar-refractivity contribution in [3.05, 3.63) is 23.8 Å². The highest BCUT2D eigenvalue weighted by Gasteiger charge is 2.26. The van der Waals surface area contributed by atoms with Crippen molar-refractivity contribution in [2.45, 2.75) is 26.7 Å². The van der Waals surface area contributed by atoms with E-state index in [1.807, 2.05) is 0 Å². The van der Waals surface area contributed by atoms with Crippen LogP contribution < -0.4 is 0 Å². The minimum Gasteiger partial charge on any atom is -0.202 e. The van der Waals surface area contributed by atoms with E-state index in [2.05, 4.69) is 6.58 Å². The van der Waals surface area contributed by atoms with Crippen molar-refractivity contribution in [1.29, 1.82) is 0 Å². The summed E-state index contributed by atoms with van der Waals surface area (Å²) in [5.41, 5.74) is 0.447. The number of alkyl halides is 2. The lowest BCUT2D eigenvalue weighted by molar-refractivity contribution is 0.0659. The van der Waals surface area contributed by atoms with Gasteiger partial charge in [-0.05, 0) is 19.4 Å². The lowest BCUT2D eigenvalue weighted by Crippen LogP contribution is -2.13. The Morgan fingerprint density at radius 2 is 1.90 bits per heavy atom. The summed E-state index contributed by atoms with van der Waals surface area (Å²) in [6.07, 6.45) is 1.39. The molecule has 10 heavy (non-hydrogen) atoms. The maximum absolute atomic E-state index is 12.5. The molecule has 0 bridgehead atoms. The third kappa shape index (κ3) is 2.29. The third-order valence-corrected chi connectivity index (χ3v) is 1.22. The molecule has 0 nitrogen and oxygen atoms in total. The van der Waals surface area contributed by atoms with Crippen LogP contribution in [-0.2, 0) is 0 Å². The van der Waals surface area contributed by atoms with Gasteiger partial charge in [0.25, 0.3) is 5.92 Å². The normalized spacial score (nSPS) is 13.5. The van der Waals surface area contributed by atoms with Gasteiger partial charge in [-0.15, -0.1) is 0 Å². The second-order valence-electron chi connectivity index (χ2n) is 2.37. The smallest absolute Gasteiger partial charge is 0.202 e. The monoisotopic (exact) mass is 146 g/mol. The first-order valence-corrected chi connectivity index (χ1v) is 3.10. The molecule has 58 valence electrons. The number of hydrogen-bond donors (Lipinski definition) is 0. The lowest BCUT2D eigenvalue weighted by atomic mass is 10.0. The quantitative estimate of drug-likeness (QED) is 0.525. The molecule has 0 amide bonds. The second kappa shape index (κ2) is 2.95. The molecule has 2 heteroatoms. The van der Waals surface area contributed by atoms with Crippen molar-refractivity contribution in [2.24, 2.45) is 0 Å². The molecule has 0 N–H and O–H groups in total. The minimum absolute atomic E-state index is 0.0208. The second-order valence-corrected chi connectivity index (χ2v) is 2.37. The standard InChI is InChI=1S/C8H12F2/c1-5-7(6(2)3)8(4,9)10/h5H,2H2,1,3-4H3/b7-5+. The average Bonchev–Trinajstić information content (AvgIpc) is 1.60. The number of hydrogen-bond acceptors (Lipinski definition) is 0. The van der Waals surface area contributed by atoms with Gasteiger partial charge in [0, 0.05) is 12.5 Å². The van der Waals surface area contributed by atoms with Gasteiger partial charge in [0.2, 0.25) is 0 Å². The Hall–Kier alpha value is -0.660. The fourth-order valence-electron chi connectivity index (χ4n) is 0.875. The minimum atomic E-state index is -2.75. The van der Waals surface area contributed by atoms with Crippen molar-refractivity contribution >= 4 is 0 Å². The van der Waals surface area contributed by atoms with Gasteiger partial charge < -0.3 is 0 Å². The van der Waals surface area contributed by atoms with Crippen LogP contribution in [0.2, 0.25) is 0 Å². The summed E-state index contributed by atoms with van der Waals surface area (Å²) in [4.78, 5) is 0. The van der Waals surface area contributed by atoms with Crippen molar-refractivity contribution < 1.29 is 8.78 Å². The molecule has 0 atom stereocenters. The highest BCUT2D eigenvalue weighted by Crippen LogP contribution is 2.27. The molecule has 0 rings (SSSR count). The Kier molecular flexibility index (Phi) is 2.76. The van der Waals surface area contributed by atoms with Crippen LogP contribution in [0.5, 0.6) is 0 Å². The van der Waals surface area contributed by atoms with Crippen LogP contribution in [0.3, 0.4) is 0 Å². The van der Waals surface area contributed by atoms with Crippen molar-refractivity contribution in [3.8, 4) is 0 Å². The molecule has 0 unspecified atom stereocenters. The Labute approximate surface area is 60.2 Å². The van der Waals surface area contributed by atoms with Crippen molar-refractivity contribution in [1.82, 2.24) is 0 Å². The van der Waals surface area contributed by atoms with E-state index in [-0.39, 0.29) is 5.57 Å². The van der Waals surface area contributed by atoms with Crippen LogP contribution in [-0.4, -0.2) is 5.92 Å². The Morgan fingerprint density at radius 1 is 1.50 bits per heavy atom. The van der Waals surface area contributed by atoms with Crippen LogP contribution in [0.15, 0.2) is 23.8 Å². The topological polar surface area (TPSA) is 0 Å². The summed E-state index contributed by atoms with van der Waals surface area (Å²) >= 11 is 0. The molecule has 0 aromatic carbocycles. The SMILES string of the molecule is C=C(C)/C(=C\C)C(C)(F)F. The first kappa shape index (κ1) is 9.34. The molecule has 0 spiro atoms. The van der Waals surface area contributed by atoms with Crippen LogP contribution in [0, 0.1) is 0 Å². The summed E-state index contributed by atoms with van der Waals surface area (Å²) in [6, 6.07) is 0. The molecule has 0 aliphatic heterocycles. The van der Waals surface area contributed by atoms with Gasteiger partial charge in [-0.2, -0.15) is 0 Å². The van der Waals surface area contributed by atoms with Crippen LogP contribution in [0.25, 0.3) is 0 Å². The summed E-state index contributed by atoms with van der Waals surface area (Å²) in [6.45, 7) is 7.48. The van der Waals surface area contributed by atoms with Gasteiger partial charge in [0.1, 0.15) is 0 Å². The molecule has 0 aromatic rings. The zero-order valence-corrected chi connectivity index (χ0v) is 6.54. The van der Waals surface area contributed by atoms with Gasteiger partial charge in [0.05, 0.1) is 0 Å². The summed E-state index contributed by atoms with van der Waals surface area (Å²) in [7, 11) is 0. The van der Waals surface area contributed by atoms with Crippen molar-refractivity contribution in [3.63, 3.8) is 0 Å². The zero-order chi connectivity index (χ0) is 8.36. The van der Waals surface area contributed by atoms with E-state index in [4.69, 9.17) is 0 Å². The Morgan fingerprint density at radius 3 is 1.90 bits per heavy atom. The predicted molar refractivity (Wildman–Crippen MR) is 39.2 cm³/mol. The van der Waals surface area contributed by atoms with Gasteiger partial charge in [-0.25, -0.2) is 8.78 Å². The maximum Gasteiger partial charge on any atom is 0.270 e. The first-order chi connectivity index (χ1) is 4.39. The van der Waals surface area contributed by atoms with E-state index >= 15 is 0 Å². The van der Waals surface area contributed by atoms with E-state index in [1.165, 1.54) is 6.08 Å². The summed E-state index contributed by atoms with van der Waals surface area (Å²) < 4.78 is 25.0. The Bertz CT molecular complexity index is 161. The fraction of sp³-hybridized carbons (Fsp3) is 0.500. The predicted octanol–water partition coefficient (Wildman–Crippen LogP) is 3.16. The molecule has 0 fully saturated rings. The van der Waals surface area contributed by atoms with Gasteiger partial charge in [-0.1, -0.05) is 12.7 Å². The van der Waals surface area contributed by atoms with E-state index in [1.54, 1.807) is 13.8 Å². The molecule has 0 aliphatic rings. The number of halogens is 2. The van der Waals surface area contributed by atoms with Crippen LogP contribution >= 0.6 is 0 Å². The Balaban J connectivity index is 4.56. The first-order valence-electron chi connectivity index (χ1n) is 3.10. The number of rotatable bonds is 2. The largest absolute Gasteiger partial charge is 0.270 e. The van der Waals surface area contributed by atoms with Gasteiger partial charge in [0.15, 0.2) is 0 Å². The fourth-order valence-corrected chi connectivity index (χ4v) is 0.875. The summed E-state index contributed by atoms with van der Waals surface area (Å²) in [5.74, 6) is -2.75. The number of allylic oxidation sites excluding steroid dienone is 3. The third-order valence-electron chi connectivity index (χ3n) is 1.22. The maximum atomic E-state index is 12.5. The van der Waals surface area contributed by atoms with E-state index in [0.29, 0.717) is 5.57 Å².